The second-order valence-corrected chi connectivity index (χ2v) is 5.83. The number of phenolic OH excluding ortho intramolecular Hbond substituents is 1. The number of aliphatic imine (C=N–C) groups is 1. The molecule has 1 N–H and O–H groups in total. The second-order valence-electron chi connectivity index (χ2n) is 4.54. The van der Waals surface area contributed by atoms with Gasteiger partial charge in [0.25, 0.3) is 0 Å². The number of hydrogen-bond donors (Lipinski definition) is 1. The Bertz CT molecular complexity index is 857. The average molecular weight is 365 g/mol. The Kier molecular flexibility index (Phi) is 3.69. The molecule has 0 atom stereocenters. The fourth-order valence-electron chi connectivity index (χ4n) is 2.06. The van der Waals surface area contributed by atoms with Gasteiger partial charge >= 0.3 is 0 Å². The first kappa shape index (κ1) is 14.1. The molecular weight excluding hydrogens is 354 g/mol. The molecule has 0 aliphatic rings. The molecule has 4 nitrogen and oxygen atoms in total. The van der Waals surface area contributed by atoms with E-state index in [1.165, 1.54) is 0 Å². The highest BCUT2D eigenvalue weighted by Gasteiger charge is 2.08. The molecule has 0 aliphatic carbocycles. The van der Waals surface area contributed by atoms with Crippen LogP contribution in [0.15, 0.2) is 45.9 Å². The smallest absolute Gasteiger partial charge is 0.230 e. The minimum atomic E-state index is 0.0990. The van der Waals surface area contributed by atoms with Crippen molar-refractivity contribution in [2.75, 3.05) is 0 Å². The van der Waals surface area contributed by atoms with E-state index in [9.17, 15) is 5.11 Å². The lowest BCUT2D eigenvalue weighted by Crippen LogP contribution is -1.88. The van der Waals surface area contributed by atoms with E-state index in [4.69, 9.17) is 11.6 Å². The number of imidazole rings is 1. The van der Waals surface area contributed by atoms with E-state index in [1.807, 2.05) is 35.9 Å². The van der Waals surface area contributed by atoms with E-state index in [2.05, 4.69) is 25.9 Å². The van der Waals surface area contributed by atoms with E-state index in [0.29, 0.717) is 21.0 Å². The maximum atomic E-state index is 9.99. The summed E-state index contributed by atoms with van der Waals surface area (Å²) in [5.74, 6) is 0.661. The number of aryl methyl sites for hydroxylation is 1. The van der Waals surface area contributed by atoms with Crippen molar-refractivity contribution in [1.29, 1.82) is 0 Å². The highest BCUT2D eigenvalue weighted by atomic mass is 79.9. The zero-order chi connectivity index (χ0) is 15.0. The van der Waals surface area contributed by atoms with Crippen molar-refractivity contribution in [3.63, 3.8) is 0 Å². The fraction of sp³-hybridized carbons (Fsp3) is 0.0667. The molecule has 0 bridgehead atoms. The van der Waals surface area contributed by atoms with Crippen LogP contribution in [0.1, 0.15) is 5.56 Å². The Labute approximate surface area is 134 Å². The number of para-hydroxylation sites is 2. The number of aromatic nitrogens is 2. The number of hydrogen-bond acceptors (Lipinski definition) is 3. The Balaban J connectivity index is 2.04. The lowest BCUT2D eigenvalue weighted by Gasteiger charge is -2.02. The van der Waals surface area contributed by atoms with Gasteiger partial charge in [-0.05, 0) is 40.2 Å². The van der Waals surface area contributed by atoms with Gasteiger partial charge in [-0.15, -0.1) is 0 Å². The van der Waals surface area contributed by atoms with E-state index in [0.717, 1.165) is 11.0 Å². The minimum Gasteiger partial charge on any atom is -0.506 e. The summed E-state index contributed by atoms with van der Waals surface area (Å²) < 4.78 is 2.42. The van der Waals surface area contributed by atoms with Crippen molar-refractivity contribution in [3.05, 3.63) is 51.5 Å². The van der Waals surface area contributed by atoms with Crippen LogP contribution in [-0.4, -0.2) is 20.9 Å². The molecule has 3 rings (SSSR count). The number of benzene rings is 2. The summed E-state index contributed by atoms with van der Waals surface area (Å²) in [6.45, 7) is 0. The highest BCUT2D eigenvalue weighted by molar-refractivity contribution is 9.10. The van der Waals surface area contributed by atoms with Crippen molar-refractivity contribution in [2.45, 2.75) is 0 Å². The van der Waals surface area contributed by atoms with Gasteiger partial charge in [0.1, 0.15) is 5.75 Å². The van der Waals surface area contributed by atoms with Crippen LogP contribution < -0.4 is 0 Å². The molecule has 6 heteroatoms. The van der Waals surface area contributed by atoms with E-state index >= 15 is 0 Å². The van der Waals surface area contributed by atoms with Gasteiger partial charge in [-0.2, -0.15) is 0 Å². The minimum absolute atomic E-state index is 0.0990. The fourth-order valence-corrected chi connectivity index (χ4v) is 2.89. The van der Waals surface area contributed by atoms with E-state index < -0.39 is 0 Å². The maximum absolute atomic E-state index is 9.99. The quantitative estimate of drug-likeness (QED) is 0.683. The van der Waals surface area contributed by atoms with Crippen molar-refractivity contribution in [1.82, 2.24) is 9.55 Å². The zero-order valence-electron chi connectivity index (χ0n) is 11.1. The molecule has 0 radical (unpaired) electrons. The molecule has 1 aromatic heterocycles. The van der Waals surface area contributed by atoms with Crippen LogP contribution >= 0.6 is 27.5 Å². The number of fused-ring (bicyclic) bond motifs is 1. The predicted octanol–water partition coefficient (Wildman–Crippen LogP) is 4.45. The van der Waals surface area contributed by atoms with Gasteiger partial charge in [0.15, 0.2) is 0 Å². The number of nitrogens with zero attached hydrogens (tertiary/aromatic N) is 3. The van der Waals surface area contributed by atoms with Gasteiger partial charge in [0, 0.05) is 23.8 Å². The van der Waals surface area contributed by atoms with Crippen LogP contribution in [0, 0.1) is 0 Å². The molecule has 106 valence electrons. The van der Waals surface area contributed by atoms with Gasteiger partial charge in [0.05, 0.1) is 15.5 Å². The first-order valence-electron chi connectivity index (χ1n) is 6.20. The number of phenols is 1. The van der Waals surface area contributed by atoms with Crippen LogP contribution in [0.5, 0.6) is 5.75 Å². The van der Waals surface area contributed by atoms with Gasteiger partial charge < -0.3 is 9.67 Å². The second kappa shape index (κ2) is 5.50. The van der Waals surface area contributed by atoms with Crippen molar-refractivity contribution in [2.24, 2.45) is 12.0 Å². The Morgan fingerprint density at radius 3 is 2.86 bits per heavy atom. The molecule has 3 aromatic rings. The molecular formula is C15H11BrClN3O. The third-order valence-corrected chi connectivity index (χ3v) is 3.96. The predicted molar refractivity (Wildman–Crippen MR) is 88.8 cm³/mol. The molecule has 0 fully saturated rings. The van der Waals surface area contributed by atoms with Gasteiger partial charge in [-0.1, -0.05) is 23.7 Å². The summed E-state index contributed by atoms with van der Waals surface area (Å²) in [6.07, 6.45) is 1.55. The van der Waals surface area contributed by atoms with Gasteiger partial charge in [-0.25, -0.2) is 9.98 Å². The van der Waals surface area contributed by atoms with Crippen LogP contribution in [-0.2, 0) is 7.05 Å². The van der Waals surface area contributed by atoms with Crippen LogP contribution in [0.3, 0.4) is 0 Å². The van der Waals surface area contributed by atoms with Crippen molar-refractivity contribution < 1.29 is 5.11 Å². The normalized spacial score (nSPS) is 11.6. The zero-order valence-corrected chi connectivity index (χ0v) is 13.4. The summed E-state index contributed by atoms with van der Waals surface area (Å²) in [5, 5.41) is 10.5. The third kappa shape index (κ3) is 2.66. The lowest BCUT2D eigenvalue weighted by molar-refractivity contribution is 0.471. The van der Waals surface area contributed by atoms with E-state index in [1.54, 1.807) is 18.3 Å². The first-order valence-corrected chi connectivity index (χ1v) is 7.37. The molecule has 0 saturated carbocycles. The number of rotatable bonds is 2. The van der Waals surface area contributed by atoms with Crippen LogP contribution in [0.25, 0.3) is 11.0 Å². The molecule has 0 amide bonds. The average Bonchev–Trinajstić information content (AvgIpc) is 2.78. The maximum Gasteiger partial charge on any atom is 0.230 e. The van der Waals surface area contributed by atoms with Crippen LogP contribution in [0.4, 0.5) is 5.95 Å². The molecule has 0 saturated heterocycles. The molecule has 2 aromatic carbocycles. The largest absolute Gasteiger partial charge is 0.506 e. The summed E-state index contributed by atoms with van der Waals surface area (Å²) in [7, 11) is 1.90. The lowest BCUT2D eigenvalue weighted by atomic mass is 10.2. The SMILES string of the molecule is Cn1c(/N=C/c2cc(Cl)cc(Br)c2O)nc2ccccc21. The Hall–Kier alpha value is -1.85. The monoisotopic (exact) mass is 363 g/mol. The molecule has 0 spiro atoms. The van der Waals surface area contributed by atoms with E-state index in [-0.39, 0.29) is 5.75 Å². The first-order chi connectivity index (χ1) is 10.1. The van der Waals surface area contributed by atoms with Crippen molar-refractivity contribution >= 4 is 50.7 Å². The number of aromatic hydroxyl groups is 1. The van der Waals surface area contributed by atoms with Crippen LogP contribution in [0.2, 0.25) is 5.02 Å². The standard InChI is InChI=1S/C15H11BrClN3O/c1-20-13-5-3-2-4-12(13)19-15(20)18-8-9-6-10(17)7-11(16)14(9)21/h2-8,21H,1H3/b18-8+. The molecule has 21 heavy (non-hydrogen) atoms. The third-order valence-electron chi connectivity index (χ3n) is 3.14. The van der Waals surface area contributed by atoms with Crippen molar-refractivity contribution in [3.8, 4) is 5.75 Å². The summed E-state index contributed by atoms with van der Waals surface area (Å²) in [6, 6.07) is 11.1. The highest BCUT2D eigenvalue weighted by Crippen LogP contribution is 2.31. The Morgan fingerprint density at radius 2 is 2.10 bits per heavy atom. The summed E-state index contributed by atoms with van der Waals surface area (Å²) >= 11 is 9.22. The van der Waals surface area contributed by atoms with Gasteiger partial charge in [0.2, 0.25) is 5.95 Å². The molecule has 0 unspecified atom stereocenters. The van der Waals surface area contributed by atoms with Gasteiger partial charge in [-0.3, -0.25) is 0 Å². The molecule has 0 aliphatic heterocycles. The topological polar surface area (TPSA) is 50.4 Å². The number of halogens is 2. The summed E-state index contributed by atoms with van der Waals surface area (Å²) in [5.41, 5.74) is 2.41. The Morgan fingerprint density at radius 1 is 1.33 bits per heavy atom. The summed E-state index contributed by atoms with van der Waals surface area (Å²) in [4.78, 5) is 8.78. The molecule has 1 heterocycles.